The molecule has 35 heavy (non-hydrogen) atoms. The minimum atomic E-state index is -2.19. The summed E-state index contributed by atoms with van der Waals surface area (Å²) in [6, 6.07) is 13.0. The van der Waals surface area contributed by atoms with Crippen molar-refractivity contribution in [3.63, 3.8) is 0 Å². The molecule has 0 aliphatic carbocycles. The number of hydrogen-bond acceptors (Lipinski definition) is 10. The van der Waals surface area contributed by atoms with Crippen LogP contribution in [0.3, 0.4) is 0 Å². The Labute approximate surface area is 204 Å². The molecule has 0 bridgehead atoms. The molecule has 1 unspecified atom stereocenters. The molecule has 1 saturated heterocycles. The third-order valence-corrected chi connectivity index (χ3v) is 5.20. The van der Waals surface area contributed by atoms with Crippen molar-refractivity contribution in [2.45, 2.75) is 25.9 Å². The first kappa shape index (κ1) is 27.5. The maximum absolute atomic E-state index is 11.5. The van der Waals surface area contributed by atoms with E-state index in [1.165, 1.54) is 6.92 Å². The maximum Gasteiger partial charge on any atom is 0.161 e. The highest BCUT2D eigenvalue weighted by Gasteiger charge is 2.24. The second-order valence-electron chi connectivity index (χ2n) is 7.68. The van der Waals surface area contributed by atoms with Gasteiger partial charge in [0.25, 0.3) is 0 Å². The molecular formula is C25H29NO9-2. The van der Waals surface area contributed by atoms with Crippen LogP contribution in [0.5, 0.6) is 23.0 Å². The van der Waals surface area contributed by atoms with Crippen molar-refractivity contribution in [1.29, 1.82) is 0 Å². The van der Waals surface area contributed by atoms with Crippen LogP contribution in [0.2, 0.25) is 0 Å². The van der Waals surface area contributed by atoms with Crippen molar-refractivity contribution in [3.05, 3.63) is 48.0 Å². The topological polar surface area (TPSA) is 137 Å². The van der Waals surface area contributed by atoms with Crippen LogP contribution >= 0.6 is 0 Å². The number of carbonyl (C=O) groups is 3. The lowest BCUT2D eigenvalue weighted by atomic mass is 10.1. The van der Waals surface area contributed by atoms with E-state index in [1.54, 1.807) is 32.4 Å². The number of nitrogens with zero attached hydrogens (tertiary/aromatic N) is 1. The van der Waals surface area contributed by atoms with Crippen molar-refractivity contribution in [2.75, 3.05) is 40.5 Å². The average molecular weight is 488 g/mol. The summed E-state index contributed by atoms with van der Waals surface area (Å²) in [4.78, 5) is 31.7. The van der Waals surface area contributed by atoms with Gasteiger partial charge in [-0.05, 0) is 50.1 Å². The number of rotatable bonds is 10. The van der Waals surface area contributed by atoms with Crippen molar-refractivity contribution in [2.24, 2.45) is 0 Å². The number of ether oxygens (including phenoxy) is 4. The number of methoxy groups -OCH3 is 2. The first-order valence-corrected chi connectivity index (χ1v) is 11.0. The SMILES string of the molecule is COc1cc(C(C)=O)ccc1OCCCN1CCC(Oc2ccccc2OC)C1.O=C([O-])C(=O)[O-]. The maximum atomic E-state index is 11.5. The average Bonchev–Trinajstić information content (AvgIpc) is 3.29. The fraction of sp³-hybridized carbons (Fsp3) is 0.400. The summed E-state index contributed by atoms with van der Waals surface area (Å²) in [5.41, 5.74) is 0.618. The van der Waals surface area contributed by atoms with Gasteiger partial charge in [-0.25, -0.2) is 0 Å². The van der Waals surface area contributed by atoms with Gasteiger partial charge in [-0.15, -0.1) is 0 Å². The number of benzene rings is 2. The number of hydrogen-bond donors (Lipinski definition) is 0. The first-order valence-electron chi connectivity index (χ1n) is 11.0. The van der Waals surface area contributed by atoms with Crippen LogP contribution in [0.4, 0.5) is 0 Å². The second-order valence-corrected chi connectivity index (χ2v) is 7.68. The van der Waals surface area contributed by atoms with Gasteiger partial charge in [0.05, 0.1) is 32.8 Å². The van der Waals surface area contributed by atoms with Crippen LogP contribution in [0, 0.1) is 0 Å². The van der Waals surface area contributed by atoms with E-state index in [0.717, 1.165) is 44.0 Å². The van der Waals surface area contributed by atoms with E-state index < -0.39 is 11.9 Å². The van der Waals surface area contributed by atoms with Crippen molar-refractivity contribution in [3.8, 4) is 23.0 Å². The molecule has 0 radical (unpaired) electrons. The lowest BCUT2D eigenvalue weighted by Crippen LogP contribution is -2.42. The number of ketones is 1. The zero-order valence-corrected chi connectivity index (χ0v) is 20.0. The van der Waals surface area contributed by atoms with Crippen LogP contribution in [-0.4, -0.2) is 69.2 Å². The number of Topliss-reactive ketones (excluding diaryl/α,β-unsaturated/α-hetero) is 1. The summed E-state index contributed by atoms with van der Waals surface area (Å²) in [6.45, 7) is 4.98. The molecule has 2 aromatic rings. The minimum Gasteiger partial charge on any atom is -0.543 e. The molecule has 0 spiro atoms. The number of para-hydroxylation sites is 2. The number of carbonyl (C=O) groups excluding carboxylic acids is 3. The number of carboxylic acids is 2. The molecule has 0 amide bonds. The van der Waals surface area contributed by atoms with Gasteiger partial charge in [-0.3, -0.25) is 9.69 Å². The molecular weight excluding hydrogens is 458 g/mol. The van der Waals surface area contributed by atoms with Crippen LogP contribution in [-0.2, 0) is 9.59 Å². The minimum absolute atomic E-state index is 0.00813. The largest absolute Gasteiger partial charge is 0.543 e. The van der Waals surface area contributed by atoms with Crippen LogP contribution in [0.25, 0.3) is 0 Å². The summed E-state index contributed by atoms with van der Waals surface area (Å²) in [7, 11) is 3.24. The molecule has 190 valence electrons. The molecule has 0 aromatic heterocycles. The van der Waals surface area contributed by atoms with E-state index in [0.29, 0.717) is 23.7 Å². The highest BCUT2D eigenvalue weighted by atomic mass is 16.5. The summed E-state index contributed by atoms with van der Waals surface area (Å²) in [5, 5.41) is 17.9. The normalized spacial score (nSPS) is 14.9. The van der Waals surface area contributed by atoms with Gasteiger partial charge in [0.1, 0.15) is 6.10 Å². The summed E-state index contributed by atoms with van der Waals surface area (Å²) in [6.07, 6.45) is 2.07. The molecule has 2 aromatic carbocycles. The molecule has 1 heterocycles. The number of likely N-dealkylation sites (tertiary alicyclic amines) is 1. The summed E-state index contributed by atoms with van der Waals surface area (Å²) >= 11 is 0. The Morgan fingerprint density at radius 2 is 1.60 bits per heavy atom. The Morgan fingerprint density at radius 3 is 2.20 bits per heavy atom. The molecule has 1 aliphatic heterocycles. The third-order valence-electron chi connectivity index (χ3n) is 5.20. The quantitative estimate of drug-likeness (QED) is 0.262. The van der Waals surface area contributed by atoms with E-state index in [2.05, 4.69) is 4.90 Å². The van der Waals surface area contributed by atoms with E-state index in [1.807, 2.05) is 24.3 Å². The van der Waals surface area contributed by atoms with Gasteiger partial charge in [0.15, 0.2) is 28.8 Å². The Balaban J connectivity index is 0.000000641. The number of carboxylic acid groups (broad SMARTS) is 2. The van der Waals surface area contributed by atoms with E-state index in [9.17, 15) is 4.79 Å². The van der Waals surface area contributed by atoms with E-state index >= 15 is 0 Å². The van der Waals surface area contributed by atoms with Crippen molar-refractivity contribution in [1.82, 2.24) is 4.90 Å². The molecule has 3 rings (SSSR count). The lowest BCUT2D eigenvalue weighted by molar-refractivity contribution is -0.345. The summed E-state index contributed by atoms with van der Waals surface area (Å²) in [5.74, 6) is -1.55. The highest BCUT2D eigenvalue weighted by Crippen LogP contribution is 2.29. The molecule has 1 atom stereocenters. The predicted molar refractivity (Wildman–Crippen MR) is 122 cm³/mol. The van der Waals surface area contributed by atoms with Crippen LogP contribution in [0.15, 0.2) is 42.5 Å². The Kier molecular flexibility index (Phi) is 10.8. The molecule has 1 aliphatic rings. The van der Waals surface area contributed by atoms with E-state index in [4.69, 9.17) is 38.7 Å². The number of aliphatic carboxylic acids is 2. The Hall–Kier alpha value is -3.79. The molecule has 10 nitrogen and oxygen atoms in total. The van der Waals surface area contributed by atoms with Crippen LogP contribution < -0.4 is 29.2 Å². The fourth-order valence-corrected chi connectivity index (χ4v) is 3.47. The summed E-state index contributed by atoms with van der Waals surface area (Å²) < 4.78 is 22.7. The van der Waals surface area contributed by atoms with Gasteiger partial charge in [-0.1, -0.05) is 12.1 Å². The van der Waals surface area contributed by atoms with Crippen molar-refractivity contribution < 1.29 is 43.5 Å². The smallest absolute Gasteiger partial charge is 0.161 e. The van der Waals surface area contributed by atoms with Crippen molar-refractivity contribution >= 4 is 17.7 Å². The standard InChI is InChI=1S/C23H29NO5.C2H2O4/c1-17(25)18-9-10-21(23(15-18)27-3)28-14-6-12-24-13-11-19(16-24)29-22-8-5-4-7-20(22)26-2;3-1(4)2(5)6/h4-5,7-10,15,19H,6,11-14,16H2,1-3H3;(H,3,4)(H,5,6)/p-2. The fourth-order valence-electron chi connectivity index (χ4n) is 3.47. The first-order chi connectivity index (χ1) is 16.7. The molecule has 0 N–H and O–H groups in total. The van der Waals surface area contributed by atoms with Gasteiger partial charge < -0.3 is 38.7 Å². The van der Waals surface area contributed by atoms with Crippen LogP contribution in [0.1, 0.15) is 30.1 Å². The Morgan fingerprint density at radius 1 is 0.943 bits per heavy atom. The van der Waals surface area contributed by atoms with Gasteiger partial charge in [0.2, 0.25) is 0 Å². The lowest BCUT2D eigenvalue weighted by Gasteiger charge is -2.18. The second kappa shape index (κ2) is 13.8. The van der Waals surface area contributed by atoms with Gasteiger partial charge >= 0.3 is 0 Å². The predicted octanol–water partition coefficient (Wildman–Crippen LogP) is 0.315. The monoisotopic (exact) mass is 487 g/mol. The van der Waals surface area contributed by atoms with E-state index in [-0.39, 0.29) is 11.9 Å². The third kappa shape index (κ3) is 8.82. The molecule has 0 saturated carbocycles. The zero-order chi connectivity index (χ0) is 25.8. The molecule has 10 heteroatoms. The Bertz CT molecular complexity index is 996. The highest BCUT2D eigenvalue weighted by molar-refractivity contribution is 6.25. The molecule has 1 fully saturated rings. The van der Waals surface area contributed by atoms with Gasteiger partial charge in [0, 0.05) is 25.2 Å². The van der Waals surface area contributed by atoms with Gasteiger partial charge in [-0.2, -0.15) is 0 Å². The zero-order valence-electron chi connectivity index (χ0n) is 20.0.